The summed E-state index contributed by atoms with van der Waals surface area (Å²) in [5, 5.41) is 3.33. The number of nitrogens with one attached hydrogen (secondary N) is 1. The molecule has 1 unspecified atom stereocenters. The van der Waals surface area contributed by atoms with E-state index in [4.69, 9.17) is 11.6 Å². The van der Waals surface area contributed by atoms with Gasteiger partial charge in [0.2, 0.25) is 10.0 Å². The molecule has 1 aliphatic carbocycles. The average molecular weight is 393 g/mol. The molecule has 3 rings (SSSR count). The van der Waals surface area contributed by atoms with Gasteiger partial charge >= 0.3 is 0 Å². The van der Waals surface area contributed by atoms with E-state index in [0.717, 1.165) is 35.4 Å². The van der Waals surface area contributed by atoms with Gasteiger partial charge in [0.1, 0.15) is 0 Å². The normalized spacial score (nSPS) is 16.7. The fraction of sp³-hybridized carbons (Fsp3) is 0.316. The van der Waals surface area contributed by atoms with Crippen molar-refractivity contribution in [2.24, 2.45) is 0 Å². The van der Waals surface area contributed by atoms with Crippen LogP contribution in [0.2, 0.25) is 5.02 Å². The molecule has 5 nitrogen and oxygen atoms in total. The highest BCUT2D eigenvalue weighted by atomic mass is 35.5. The van der Waals surface area contributed by atoms with Crippen molar-refractivity contribution in [2.75, 3.05) is 17.6 Å². The summed E-state index contributed by atoms with van der Waals surface area (Å²) < 4.78 is 24.6. The van der Waals surface area contributed by atoms with Gasteiger partial charge < -0.3 is 5.32 Å². The van der Waals surface area contributed by atoms with E-state index in [9.17, 15) is 13.2 Å². The SMILES string of the molecule is CN(c1ccc(Cl)c(C(=O)NC2CCCc3ccccc32)c1)S(C)(=O)=O. The molecular formula is C19H21ClN2O3S. The summed E-state index contributed by atoms with van der Waals surface area (Å²) in [4.78, 5) is 12.8. The van der Waals surface area contributed by atoms with Gasteiger partial charge in [0.05, 0.1) is 28.6 Å². The molecule has 0 heterocycles. The number of aryl methyl sites for hydroxylation is 1. The summed E-state index contributed by atoms with van der Waals surface area (Å²) in [6.45, 7) is 0. The number of rotatable bonds is 4. The van der Waals surface area contributed by atoms with Crippen molar-refractivity contribution in [2.45, 2.75) is 25.3 Å². The van der Waals surface area contributed by atoms with E-state index < -0.39 is 10.0 Å². The van der Waals surface area contributed by atoms with Crippen LogP contribution in [-0.4, -0.2) is 27.6 Å². The number of anilines is 1. The van der Waals surface area contributed by atoms with E-state index in [1.54, 1.807) is 12.1 Å². The molecule has 0 bridgehead atoms. The predicted octanol–water partition coefficient (Wildman–Crippen LogP) is 3.54. The molecule has 7 heteroatoms. The van der Waals surface area contributed by atoms with Gasteiger partial charge in [-0.2, -0.15) is 0 Å². The average Bonchev–Trinajstić information content (AvgIpc) is 2.61. The third-order valence-electron chi connectivity index (χ3n) is 4.73. The largest absolute Gasteiger partial charge is 0.345 e. The molecule has 1 N–H and O–H groups in total. The van der Waals surface area contributed by atoms with Crippen LogP contribution in [0.1, 0.15) is 40.4 Å². The topological polar surface area (TPSA) is 66.5 Å². The number of fused-ring (bicyclic) bond motifs is 1. The van der Waals surface area contributed by atoms with Crippen molar-refractivity contribution >= 4 is 33.2 Å². The maximum atomic E-state index is 12.8. The fourth-order valence-corrected chi connectivity index (χ4v) is 3.91. The number of amides is 1. The van der Waals surface area contributed by atoms with E-state index >= 15 is 0 Å². The Kier molecular flexibility index (Phi) is 5.25. The summed E-state index contributed by atoms with van der Waals surface area (Å²) >= 11 is 6.20. The molecule has 0 radical (unpaired) electrons. The smallest absolute Gasteiger partial charge is 0.253 e. The zero-order chi connectivity index (χ0) is 18.9. The number of benzene rings is 2. The van der Waals surface area contributed by atoms with Crippen molar-refractivity contribution in [3.8, 4) is 0 Å². The van der Waals surface area contributed by atoms with Crippen LogP contribution >= 0.6 is 11.6 Å². The number of nitrogens with zero attached hydrogens (tertiary/aromatic N) is 1. The van der Waals surface area contributed by atoms with Crippen LogP contribution in [0.25, 0.3) is 0 Å². The first-order chi connectivity index (χ1) is 12.3. The molecule has 1 atom stereocenters. The molecule has 1 amide bonds. The second-order valence-corrected chi connectivity index (χ2v) is 8.93. The minimum absolute atomic E-state index is 0.0696. The molecule has 0 saturated heterocycles. The van der Waals surface area contributed by atoms with Gasteiger partial charge in [-0.25, -0.2) is 8.42 Å². The Morgan fingerprint density at radius 3 is 2.69 bits per heavy atom. The minimum Gasteiger partial charge on any atom is -0.345 e. The monoisotopic (exact) mass is 392 g/mol. The van der Waals surface area contributed by atoms with Gasteiger partial charge in [-0.3, -0.25) is 9.10 Å². The zero-order valence-electron chi connectivity index (χ0n) is 14.7. The Balaban J connectivity index is 1.87. The van der Waals surface area contributed by atoms with E-state index in [2.05, 4.69) is 11.4 Å². The lowest BCUT2D eigenvalue weighted by Crippen LogP contribution is -2.31. The Labute approximate surface area is 159 Å². The Hall–Kier alpha value is -2.05. The standard InChI is InChI=1S/C19H21ClN2O3S/c1-22(26(2,24)25)14-10-11-17(20)16(12-14)19(23)21-18-9-5-7-13-6-3-4-8-15(13)18/h3-4,6,8,10-12,18H,5,7,9H2,1-2H3,(H,21,23). The summed E-state index contributed by atoms with van der Waals surface area (Å²) in [5.74, 6) is -0.305. The number of hydrogen-bond donors (Lipinski definition) is 1. The van der Waals surface area contributed by atoms with Crippen LogP contribution < -0.4 is 9.62 Å². The molecule has 0 saturated carbocycles. The summed E-state index contributed by atoms with van der Waals surface area (Å²) in [6.07, 6.45) is 3.99. The lowest BCUT2D eigenvalue weighted by Gasteiger charge is -2.26. The molecule has 1 aliphatic rings. The molecule has 2 aromatic carbocycles. The first-order valence-electron chi connectivity index (χ1n) is 8.39. The van der Waals surface area contributed by atoms with Crippen LogP contribution in [0.5, 0.6) is 0 Å². The highest BCUT2D eigenvalue weighted by Gasteiger charge is 2.23. The Bertz CT molecular complexity index is 944. The van der Waals surface area contributed by atoms with Crippen molar-refractivity contribution in [1.29, 1.82) is 0 Å². The van der Waals surface area contributed by atoms with Crippen molar-refractivity contribution in [3.05, 3.63) is 64.2 Å². The number of hydrogen-bond acceptors (Lipinski definition) is 3. The Morgan fingerprint density at radius 2 is 1.96 bits per heavy atom. The van der Waals surface area contributed by atoms with Gasteiger partial charge in [0, 0.05) is 7.05 Å². The van der Waals surface area contributed by atoms with Crippen molar-refractivity contribution < 1.29 is 13.2 Å². The van der Waals surface area contributed by atoms with Crippen molar-refractivity contribution in [3.63, 3.8) is 0 Å². The van der Waals surface area contributed by atoms with Crippen LogP contribution in [-0.2, 0) is 16.4 Å². The molecule has 2 aromatic rings. The van der Waals surface area contributed by atoms with Crippen LogP contribution in [0.3, 0.4) is 0 Å². The highest BCUT2D eigenvalue weighted by molar-refractivity contribution is 7.92. The van der Waals surface area contributed by atoms with Gasteiger partial charge in [-0.05, 0) is 48.6 Å². The summed E-state index contributed by atoms with van der Waals surface area (Å²) in [6, 6.07) is 12.7. The molecule has 0 aromatic heterocycles. The third-order valence-corrected chi connectivity index (χ3v) is 6.27. The lowest BCUT2D eigenvalue weighted by molar-refractivity contribution is 0.0933. The predicted molar refractivity (Wildman–Crippen MR) is 104 cm³/mol. The number of carbonyl (C=O) groups is 1. The second-order valence-electron chi connectivity index (χ2n) is 6.51. The van der Waals surface area contributed by atoms with Crippen LogP contribution in [0.15, 0.2) is 42.5 Å². The molecule has 0 spiro atoms. The van der Waals surface area contributed by atoms with Gasteiger partial charge in [-0.1, -0.05) is 35.9 Å². The van der Waals surface area contributed by atoms with E-state index in [-0.39, 0.29) is 22.5 Å². The molecule has 0 aliphatic heterocycles. The molecule has 0 fully saturated rings. The minimum atomic E-state index is -3.42. The first-order valence-corrected chi connectivity index (χ1v) is 10.6. The van der Waals surface area contributed by atoms with E-state index in [1.165, 1.54) is 18.7 Å². The summed E-state index contributed by atoms with van der Waals surface area (Å²) in [5.41, 5.74) is 3.04. The first kappa shape index (κ1) is 18.7. The van der Waals surface area contributed by atoms with Crippen molar-refractivity contribution in [1.82, 2.24) is 5.32 Å². The third kappa shape index (κ3) is 3.86. The van der Waals surface area contributed by atoms with Gasteiger partial charge in [0.25, 0.3) is 5.91 Å². The number of carbonyl (C=O) groups excluding carboxylic acids is 1. The number of sulfonamides is 1. The fourth-order valence-electron chi connectivity index (χ4n) is 3.21. The van der Waals surface area contributed by atoms with Crippen LogP contribution in [0.4, 0.5) is 5.69 Å². The number of halogens is 1. The molecular weight excluding hydrogens is 372 g/mol. The van der Waals surface area contributed by atoms with E-state index in [1.807, 2.05) is 18.2 Å². The van der Waals surface area contributed by atoms with Gasteiger partial charge in [0.15, 0.2) is 0 Å². The highest BCUT2D eigenvalue weighted by Crippen LogP contribution is 2.31. The maximum Gasteiger partial charge on any atom is 0.253 e. The Morgan fingerprint density at radius 1 is 1.23 bits per heavy atom. The van der Waals surface area contributed by atoms with Gasteiger partial charge in [-0.15, -0.1) is 0 Å². The van der Waals surface area contributed by atoms with E-state index in [0.29, 0.717) is 5.69 Å². The maximum absolute atomic E-state index is 12.8. The zero-order valence-corrected chi connectivity index (χ0v) is 16.3. The lowest BCUT2D eigenvalue weighted by atomic mass is 9.87. The second kappa shape index (κ2) is 7.29. The van der Waals surface area contributed by atoms with Crippen LogP contribution in [0, 0.1) is 0 Å². The molecule has 26 heavy (non-hydrogen) atoms. The molecule has 138 valence electrons. The summed E-state index contributed by atoms with van der Waals surface area (Å²) in [7, 11) is -1.98. The quantitative estimate of drug-likeness (QED) is 0.865.